The number of ether oxygens (including phenoxy) is 1. The Labute approximate surface area is 153 Å². The van der Waals surface area contributed by atoms with Crippen molar-refractivity contribution in [2.45, 2.75) is 32.7 Å². The van der Waals surface area contributed by atoms with Gasteiger partial charge in [-0.1, -0.05) is 19.1 Å². The third-order valence-corrected chi connectivity index (χ3v) is 4.53. The van der Waals surface area contributed by atoms with Gasteiger partial charge in [0.05, 0.1) is 18.7 Å². The lowest BCUT2D eigenvalue weighted by molar-refractivity contribution is -0.136. The first kappa shape index (κ1) is 18.9. The third kappa shape index (κ3) is 4.17. The van der Waals surface area contributed by atoms with Crippen molar-refractivity contribution in [2.75, 3.05) is 19.5 Å². The van der Waals surface area contributed by atoms with E-state index < -0.39 is 12.0 Å². The quantitative estimate of drug-likeness (QED) is 0.621. The van der Waals surface area contributed by atoms with E-state index >= 15 is 0 Å². The van der Waals surface area contributed by atoms with Gasteiger partial charge in [0.25, 0.3) is 0 Å². The molecule has 2 rings (SSSR count). The van der Waals surface area contributed by atoms with E-state index in [0.717, 1.165) is 17.7 Å². The fourth-order valence-electron chi connectivity index (χ4n) is 2.71. The molecule has 134 valence electrons. The predicted molar refractivity (Wildman–Crippen MR) is 101 cm³/mol. The number of allylic oxidation sites excluding steroid dienone is 1. The average molecular weight is 361 g/mol. The summed E-state index contributed by atoms with van der Waals surface area (Å²) < 4.78 is 4.95. The largest absolute Gasteiger partial charge is 0.466 e. The van der Waals surface area contributed by atoms with Crippen molar-refractivity contribution in [3.8, 4) is 0 Å². The maximum atomic E-state index is 12.3. The summed E-state index contributed by atoms with van der Waals surface area (Å²) in [5, 5.41) is 6.56. The number of amides is 1. The second kappa shape index (κ2) is 8.11. The summed E-state index contributed by atoms with van der Waals surface area (Å²) in [6.07, 6.45) is 1.25. The first-order chi connectivity index (χ1) is 11.9. The molecule has 1 aliphatic rings. The van der Waals surface area contributed by atoms with E-state index in [0.29, 0.717) is 22.8 Å². The van der Waals surface area contributed by atoms with Gasteiger partial charge in [0.1, 0.15) is 0 Å². The van der Waals surface area contributed by atoms with Gasteiger partial charge < -0.3 is 20.3 Å². The lowest BCUT2D eigenvalue weighted by Crippen LogP contribution is -2.46. The summed E-state index contributed by atoms with van der Waals surface area (Å²) in [6, 6.07) is 6.95. The van der Waals surface area contributed by atoms with Crippen LogP contribution in [0.3, 0.4) is 0 Å². The second-order valence-electron chi connectivity index (χ2n) is 5.86. The monoisotopic (exact) mass is 361 g/mol. The molecule has 0 fully saturated rings. The number of thiocarbonyl (C=S) groups is 1. The van der Waals surface area contributed by atoms with E-state index in [1.807, 2.05) is 38.1 Å². The Kier molecular flexibility index (Phi) is 6.14. The highest BCUT2D eigenvalue weighted by Gasteiger charge is 2.33. The molecule has 0 bridgehead atoms. The minimum Gasteiger partial charge on any atom is -0.466 e. The number of nitrogens with zero attached hydrogens (tertiary/aromatic N) is 1. The minimum absolute atomic E-state index is 0.0357. The standard InChI is InChI=1S/C18H23N3O3S/c1-5-7-14(22)19-13-9-6-8-12(10-13)16-15(17(23)24-4)11(2)21(3)18(25)20-16/h6,8-10,16H,5,7H2,1-4H3,(H,19,22)(H,20,25). The molecule has 1 aromatic carbocycles. The summed E-state index contributed by atoms with van der Waals surface area (Å²) in [6.45, 7) is 3.79. The van der Waals surface area contributed by atoms with Crippen molar-refractivity contribution in [3.05, 3.63) is 41.1 Å². The van der Waals surface area contributed by atoms with Crippen LogP contribution in [-0.2, 0) is 14.3 Å². The number of anilines is 1. The highest BCUT2D eigenvalue weighted by Crippen LogP contribution is 2.31. The molecule has 1 heterocycles. The number of nitrogens with one attached hydrogen (secondary N) is 2. The number of benzene rings is 1. The molecule has 0 saturated heterocycles. The van der Waals surface area contributed by atoms with Crippen LogP contribution in [-0.4, -0.2) is 36.0 Å². The summed E-state index contributed by atoms with van der Waals surface area (Å²) in [7, 11) is 3.15. The Morgan fingerprint density at radius 3 is 2.76 bits per heavy atom. The molecule has 0 aliphatic carbocycles. The normalized spacial score (nSPS) is 17.2. The fraction of sp³-hybridized carbons (Fsp3) is 0.389. The molecule has 1 unspecified atom stereocenters. The number of hydrogen-bond donors (Lipinski definition) is 2. The zero-order valence-corrected chi connectivity index (χ0v) is 15.7. The first-order valence-corrected chi connectivity index (χ1v) is 8.53. The van der Waals surface area contributed by atoms with Crippen molar-refractivity contribution in [1.82, 2.24) is 10.2 Å². The Hall–Kier alpha value is -2.41. The van der Waals surface area contributed by atoms with E-state index in [1.54, 1.807) is 11.9 Å². The van der Waals surface area contributed by atoms with Gasteiger partial charge >= 0.3 is 5.97 Å². The van der Waals surface area contributed by atoms with Crippen LogP contribution in [0.2, 0.25) is 0 Å². The van der Waals surface area contributed by atoms with Crippen LogP contribution in [0.4, 0.5) is 5.69 Å². The number of rotatable bonds is 5. The highest BCUT2D eigenvalue weighted by atomic mass is 32.1. The van der Waals surface area contributed by atoms with Crippen molar-refractivity contribution in [1.29, 1.82) is 0 Å². The number of esters is 1. The van der Waals surface area contributed by atoms with Gasteiger partial charge in [-0.05, 0) is 43.3 Å². The smallest absolute Gasteiger partial charge is 0.337 e. The maximum Gasteiger partial charge on any atom is 0.337 e. The summed E-state index contributed by atoms with van der Waals surface area (Å²) in [4.78, 5) is 25.9. The van der Waals surface area contributed by atoms with E-state index in [4.69, 9.17) is 17.0 Å². The fourth-order valence-corrected chi connectivity index (χ4v) is 2.96. The average Bonchev–Trinajstić information content (AvgIpc) is 2.59. The molecule has 1 atom stereocenters. The minimum atomic E-state index is -0.431. The second-order valence-corrected chi connectivity index (χ2v) is 6.24. The zero-order valence-electron chi connectivity index (χ0n) is 14.9. The Morgan fingerprint density at radius 2 is 2.12 bits per heavy atom. The first-order valence-electron chi connectivity index (χ1n) is 8.12. The molecule has 0 saturated carbocycles. The Balaban J connectivity index is 2.40. The van der Waals surface area contributed by atoms with Gasteiger partial charge in [-0.3, -0.25) is 4.79 Å². The van der Waals surface area contributed by atoms with Crippen molar-refractivity contribution in [3.63, 3.8) is 0 Å². The van der Waals surface area contributed by atoms with E-state index in [-0.39, 0.29) is 5.91 Å². The molecule has 7 heteroatoms. The predicted octanol–water partition coefficient (Wildman–Crippen LogP) is 2.73. The number of carbonyl (C=O) groups excluding carboxylic acids is 2. The number of methoxy groups -OCH3 is 1. The van der Waals surface area contributed by atoms with Crippen LogP contribution in [0.1, 0.15) is 38.3 Å². The van der Waals surface area contributed by atoms with Gasteiger partial charge in [0, 0.05) is 24.9 Å². The Bertz CT molecular complexity index is 730. The van der Waals surface area contributed by atoms with Gasteiger partial charge in [-0.25, -0.2) is 4.79 Å². The molecule has 1 aromatic rings. The van der Waals surface area contributed by atoms with Crippen LogP contribution in [0.5, 0.6) is 0 Å². The van der Waals surface area contributed by atoms with Crippen LogP contribution in [0, 0.1) is 0 Å². The van der Waals surface area contributed by atoms with E-state index in [1.165, 1.54) is 7.11 Å². The van der Waals surface area contributed by atoms with Crippen molar-refractivity contribution < 1.29 is 14.3 Å². The molecule has 0 radical (unpaired) electrons. The molecular weight excluding hydrogens is 338 g/mol. The van der Waals surface area contributed by atoms with Crippen molar-refractivity contribution in [2.24, 2.45) is 0 Å². The molecule has 0 aromatic heterocycles. The van der Waals surface area contributed by atoms with E-state index in [2.05, 4.69) is 10.6 Å². The topological polar surface area (TPSA) is 70.7 Å². The van der Waals surface area contributed by atoms with Crippen LogP contribution < -0.4 is 10.6 Å². The zero-order chi connectivity index (χ0) is 18.6. The molecule has 25 heavy (non-hydrogen) atoms. The summed E-state index contributed by atoms with van der Waals surface area (Å²) >= 11 is 5.35. The highest BCUT2D eigenvalue weighted by molar-refractivity contribution is 7.80. The van der Waals surface area contributed by atoms with E-state index in [9.17, 15) is 9.59 Å². The van der Waals surface area contributed by atoms with Gasteiger partial charge in [0.15, 0.2) is 5.11 Å². The number of hydrogen-bond acceptors (Lipinski definition) is 4. The molecular formula is C18H23N3O3S. The van der Waals surface area contributed by atoms with Gasteiger partial charge in [-0.2, -0.15) is 0 Å². The van der Waals surface area contributed by atoms with Gasteiger partial charge in [-0.15, -0.1) is 0 Å². The molecule has 1 amide bonds. The third-order valence-electron chi connectivity index (χ3n) is 4.14. The van der Waals surface area contributed by atoms with Crippen molar-refractivity contribution >= 4 is 34.9 Å². The summed E-state index contributed by atoms with van der Waals surface area (Å²) in [5.41, 5.74) is 2.74. The molecule has 0 spiro atoms. The van der Waals surface area contributed by atoms with Crippen LogP contribution in [0.15, 0.2) is 35.5 Å². The molecule has 6 nitrogen and oxygen atoms in total. The molecule has 1 aliphatic heterocycles. The lowest BCUT2D eigenvalue weighted by Gasteiger charge is -2.35. The summed E-state index contributed by atoms with van der Waals surface area (Å²) in [5.74, 6) is -0.448. The van der Waals surface area contributed by atoms with Crippen LogP contribution >= 0.6 is 12.2 Å². The number of carbonyl (C=O) groups is 2. The SMILES string of the molecule is CCCC(=O)Nc1cccc(C2NC(=S)N(C)C(C)=C2C(=O)OC)c1. The Morgan fingerprint density at radius 1 is 1.40 bits per heavy atom. The van der Waals surface area contributed by atoms with Crippen LogP contribution in [0.25, 0.3) is 0 Å². The molecule has 2 N–H and O–H groups in total. The van der Waals surface area contributed by atoms with Gasteiger partial charge in [0.2, 0.25) is 5.91 Å². The lowest BCUT2D eigenvalue weighted by atomic mass is 9.95. The maximum absolute atomic E-state index is 12.3.